The van der Waals surface area contributed by atoms with Crippen LogP contribution in [0.25, 0.3) is 0 Å². The minimum atomic E-state index is -4.73. The smallest absolute Gasteiger partial charge is 0.472 e. The Hall–Kier alpha value is -3.08. The predicted molar refractivity (Wildman–Crippen MR) is 244 cm³/mol. The van der Waals surface area contributed by atoms with Gasteiger partial charge < -0.3 is 25.2 Å². The van der Waals surface area contributed by atoms with Crippen molar-refractivity contribution in [1.82, 2.24) is 0 Å². The normalized spacial score (nSPS) is 14.3. The number of phosphoric acid groups is 1. The predicted octanol–water partition coefficient (Wildman–Crippen LogP) is 12.5. The third kappa shape index (κ3) is 41.6. The van der Waals surface area contributed by atoms with Crippen LogP contribution in [0.2, 0.25) is 0 Å². The van der Waals surface area contributed by atoms with Gasteiger partial charge in [0.25, 0.3) is 0 Å². The van der Waals surface area contributed by atoms with E-state index < -0.39 is 51.1 Å². The van der Waals surface area contributed by atoms with Crippen LogP contribution in [0, 0.1) is 0 Å². The van der Waals surface area contributed by atoms with Gasteiger partial charge in [-0.15, -0.1) is 0 Å². The van der Waals surface area contributed by atoms with Crippen molar-refractivity contribution in [2.24, 2.45) is 5.73 Å². The Kier molecular flexibility index (Phi) is 40.4. The second-order valence-corrected chi connectivity index (χ2v) is 16.6. The van der Waals surface area contributed by atoms with E-state index in [0.717, 1.165) is 77.0 Å². The highest BCUT2D eigenvalue weighted by Crippen LogP contribution is 2.43. The molecule has 0 aromatic carbocycles. The molecule has 0 saturated heterocycles. The van der Waals surface area contributed by atoms with Crippen molar-refractivity contribution in [2.75, 3.05) is 19.8 Å². The number of esters is 2. The third-order valence-corrected chi connectivity index (χ3v) is 10.4. The Morgan fingerprint density at radius 3 is 1.33 bits per heavy atom. The summed E-state index contributed by atoms with van der Waals surface area (Å²) in [6.45, 7) is 2.71. The number of phosphoric ester groups is 1. The van der Waals surface area contributed by atoms with Crippen LogP contribution in [-0.4, -0.2) is 59.9 Å². The fourth-order valence-corrected chi connectivity index (χ4v) is 6.56. The van der Waals surface area contributed by atoms with Crippen molar-refractivity contribution >= 4 is 25.7 Å². The van der Waals surface area contributed by atoms with Crippen LogP contribution in [0.4, 0.5) is 0 Å². The first-order chi connectivity index (χ1) is 29.1. The van der Waals surface area contributed by atoms with E-state index in [4.69, 9.17) is 24.8 Å². The molecule has 3 atom stereocenters. The third-order valence-electron chi connectivity index (χ3n) is 9.43. The average molecular weight is 864 g/mol. The molecule has 0 amide bonds. The average Bonchev–Trinajstić information content (AvgIpc) is 3.22. The molecule has 0 bridgehead atoms. The molecule has 0 aliphatic carbocycles. The molecular weight excluding hydrogens is 781 g/mol. The molecule has 11 nitrogen and oxygen atoms in total. The molecule has 0 heterocycles. The van der Waals surface area contributed by atoms with Crippen LogP contribution < -0.4 is 5.73 Å². The van der Waals surface area contributed by atoms with E-state index >= 15 is 0 Å². The number of carbonyl (C=O) groups excluding carboxylic acids is 2. The Morgan fingerprint density at radius 1 is 0.517 bits per heavy atom. The van der Waals surface area contributed by atoms with Crippen molar-refractivity contribution in [3.63, 3.8) is 0 Å². The fourth-order valence-electron chi connectivity index (χ4n) is 5.78. The summed E-state index contributed by atoms with van der Waals surface area (Å²) >= 11 is 0. The number of hydrogen-bond donors (Lipinski definition) is 3. The Labute approximate surface area is 363 Å². The second kappa shape index (κ2) is 42.6. The standard InChI is InChI=1S/C48H82NO10P/c1-3-5-7-9-11-13-15-17-19-21-22-24-25-27-29-31-33-35-37-39-46(50)56-41-44(42-57-60(54,55)58-43-45(49)48(52)53)59-47(51)40-38-36-34-32-30-28-26-23-20-18-16-14-12-10-8-6-4-2/h11-14,17-20,22,24,27,29,44-45H,3-10,15-16,21,23,25-26,28,30-43,49H2,1-2H3,(H,52,53)(H,54,55)/b13-11+,14-12+,19-17+,20-18+,24-22+,29-27+/t44-,45+/m1/s1. The molecule has 0 saturated carbocycles. The van der Waals surface area contributed by atoms with E-state index in [2.05, 4.69) is 91.3 Å². The molecule has 0 aliphatic rings. The van der Waals surface area contributed by atoms with Gasteiger partial charge in [0.15, 0.2) is 6.10 Å². The lowest BCUT2D eigenvalue weighted by molar-refractivity contribution is -0.161. The van der Waals surface area contributed by atoms with Crippen LogP contribution >= 0.6 is 7.82 Å². The minimum absolute atomic E-state index is 0.141. The lowest BCUT2D eigenvalue weighted by Gasteiger charge is -2.20. The maximum atomic E-state index is 12.6. The molecular formula is C48H82NO10P. The largest absolute Gasteiger partial charge is 0.480 e. The minimum Gasteiger partial charge on any atom is -0.480 e. The van der Waals surface area contributed by atoms with Crippen LogP contribution in [0.3, 0.4) is 0 Å². The van der Waals surface area contributed by atoms with Gasteiger partial charge in [-0.05, 0) is 89.9 Å². The summed E-state index contributed by atoms with van der Waals surface area (Å²) in [6, 6.07) is -1.53. The molecule has 0 fully saturated rings. The van der Waals surface area contributed by atoms with Gasteiger partial charge in [-0.2, -0.15) is 0 Å². The zero-order chi connectivity index (χ0) is 44.2. The lowest BCUT2D eigenvalue weighted by Crippen LogP contribution is -2.34. The maximum Gasteiger partial charge on any atom is 0.472 e. The van der Waals surface area contributed by atoms with Gasteiger partial charge in [-0.3, -0.25) is 23.4 Å². The van der Waals surface area contributed by atoms with Crippen molar-refractivity contribution in [3.8, 4) is 0 Å². The summed E-state index contributed by atoms with van der Waals surface area (Å²) in [5.41, 5.74) is 5.34. The fraction of sp³-hybridized carbons (Fsp3) is 0.688. The molecule has 0 aromatic rings. The molecule has 0 radical (unpaired) electrons. The van der Waals surface area contributed by atoms with Crippen molar-refractivity contribution in [2.45, 2.75) is 193 Å². The van der Waals surface area contributed by atoms with Gasteiger partial charge in [0.05, 0.1) is 13.2 Å². The summed E-state index contributed by atoms with van der Waals surface area (Å²) in [6.07, 6.45) is 51.0. The number of aliphatic carboxylic acids is 1. The van der Waals surface area contributed by atoms with Crippen molar-refractivity contribution < 1.29 is 47.5 Å². The topological polar surface area (TPSA) is 172 Å². The first-order valence-electron chi connectivity index (χ1n) is 23.0. The first kappa shape index (κ1) is 56.9. The number of carbonyl (C=O) groups is 3. The molecule has 0 aromatic heterocycles. The number of allylic oxidation sites excluding steroid dienone is 12. The van der Waals surface area contributed by atoms with Crippen molar-refractivity contribution in [3.05, 3.63) is 72.9 Å². The van der Waals surface area contributed by atoms with E-state index in [9.17, 15) is 23.8 Å². The van der Waals surface area contributed by atoms with Gasteiger partial charge in [0.2, 0.25) is 0 Å². The van der Waals surface area contributed by atoms with E-state index in [0.29, 0.717) is 12.8 Å². The zero-order valence-corrected chi connectivity index (χ0v) is 38.2. The van der Waals surface area contributed by atoms with E-state index in [1.807, 2.05) is 0 Å². The summed E-state index contributed by atoms with van der Waals surface area (Å²) in [7, 11) is -4.73. The molecule has 1 unspecified atom stereocenters. The van der Waals surface area contributed by atoms with Crippen LogP contribution in [0.15, 0.2) is 72.9 Å². The van der Waals surface area contributed by atoms with Gasteiger partial charge in [0.1, 0.15) is 12.6 Å². The number of ether oxygens (including phenoxy) is 2. The Balaban J connectivity index is 4.42. The second-order valence-electron chi connectivity index (χ2n) is 15.2. The summed E-state index contributed by atoms with van der Waals surface area (Å²) < 4.78 is 32.7. The van der Waals surface area contributed by atoms with E-state index in [1.54, 1.807) is 0 Å². The highest BCUT2D eigenvalue weighted by Gasteiger charge is 2.28. The Morgan fingerprint density at radius 2 is 0.883 bits per heavy atom. The van der Waals surface area contributed by atoms with Crippen LogP contribution in [0.1, 0.15) is 181 Å². The van der Waals surface area contributed by atoms with E-state index in [1.165, 1.54) is 64.2 Å². The van der Waals surface area contributed by atoms with Gasteiger partial charge in [-0.1, -0.05) is 151 Å². The van der Waals surface area contributed by atoms with Gasteiger partial charge in [-0.25, -0.2) is 4.57 Å². The Bertz CT molecular complexity index is 1290. The molecule has 0 rings (SSSR count). The monoisotopic (exact) mass is 864 g/mol. The van der Waals surface area contributed by atoms with Crippen LogP contribution in [-0.2, 0) is 37.5 Å². The summed E-state index contributed by atoms with van der Waals surface area (Å²) in [5.74, 6) is -2.43. The van der Waals surface area contributed by atoms with Crippen LogP contribution in [0.5, 0.6) is 0 Å². The summed E-state index contributed by atoms with van der Waals surface area (Å²) in [5, 5.41) is 8.90. The van der Waals surface area contributed by atoms with Crippen molar-refractivity contribution in [1.29, 1.82) is 0 Å². The number of rotatable bonds is 42. The molecule has 0 spiro atoms. The van der Waals surface area contributed by atoms with Gasteiger partial charge >= 0.3 is 25.7 Å². The van der Waals surface area contributed by atoms with Gasteiger partial charge in [0, 0.05) is 12.8 Å². The number of unbranched alkanes of at least 4 members (excludes halogenated alkanes) is 16. The number of carboxylic acid groups (broad SMARTS) is 1. The SMILES string of the molecule is CCCCC/C=C/C/C=C/C/C=C/C/C=C/CCCCCC(=O)OC[C@H](COP(=O)(O)OC[C@H](N)C(=O)O)OC(=O)CCCCCCCCC/C=C/C/C=C/CCCCC. The highest BCUT2D eigenvalue weighted by atomic mass is 31.2. The summed E-state index contributed by atoms with van der Waals surface area (Å²) in [4.78, 5) is 46.0. The first-order valence-corrected chi connectivity index (χ1v) is 24.5. The molecule has 60 heavy (non-hydrogen) atoms. The molecule has 0 aliphatic heterocycles. The molecule has 344 valence electrons. The van der Waals surface area contributed by atoms with E-state index in [-0.39, 0.29) is 19.4 Å². The number of hydrogen-bond acceptors (Lipinski definition) is 9. The molecule has 4 N–H and O–H groups in total. The quantitative estimate of drug-likeness (QED) is 0.0231. The maximum absolute atomic E-state index is 12.6. The zero-order valence-electron chi connectivity index (χ0n) is 37.3. The highest BCUT2D eigenvalue weighted by molar-refractivity contribution is 7.47. The number of nitrogens with two attached hydrogens (primary N) is 1. The molecule has 12 heteroatoms. The lowest BCUT2D eigenvalue weighted by atomic mass is 10.1. The number of carboxylic acids is 1.